The topological polar surface area (TPSA) is 53.6 Å². The van der Waals surface area contributed by atoms with E-state index < -0.39 is 0 Å². The molecule has 0 saturated carbocycles. The molecule has 4 nitrogen and oxygen atoms in total. The Morgan fingerprint density at radius 1 is 1.35 bits per heavy atom. The van der Waals surface area contributed by atoms with Gasteiger partial charge in [-0.2, -0.15) is 0 Å². The minimum absolute atomic E-state index is 0.322. The van der Waals surface area contributed by atoms with E-state index in [2.05, 4.69) is 41.0 Å². The van der Waals surface area contributed by atoms with Crippen LogP contribution in [0.4, 0.5) is 5.82 Å². The molecule has 2 aromatic heterocycles. The third-order valence-electron chi connectivity index (χ3n) is 2.49. The Morgan fingerprint density at radius 3 is 2.76 bits per heavy atom. The molecule has 0 aliphatic rings. The van der Waals surface area contributed by atoms with E-state index in [4.69, 9.17) is 0 Å². The average Bonchev–Trinajstić information content (AvgIpc) is 2.82. The van der Waals surface area contributed by atoms with Crippen molar-refractivity contribution in [2.75, 3.05) is 11.9 Å². The summed E-state index contributed by atoms with van der Waals surface area (Å²) in [6.45, 7) is 7.12. The number of hydrogen-bond donors (Lipinski definition) is 2. The van der Waals surface area contributed by atoms with Gasteiger partial charge in [-0.05, 0) is 19.1 Å². The third kappa shape index (κ3) is 2.64. The monoisotopic (exact) mass is 230 g/mol. The van der Waals surface area contributed by atoms with Crippen LogP contribution in [0.3, 0.4) is 0 Å². The molecule has 0 aromatic carbocycles. The van der Waals surface area contributed by atoms with Crippen molar-refractivity contribution in [1.29, 1.82) is 0 Å². The van der Waals surface area contributed by atoms with Crippen LogP contribution in [0.1, 0.15) is 32.5 Å². The summed E-state index contributed by atoms with van der Waals surface area (Å²) in [5, 5.41) is 3.24. The number of nitrogens with one attached hydrogen (secondary N) is 2. The molecule has 0 atom stereocenters. The van der Waals surface area contributed by atoms with Crippen LogP contribution in [0.15, 0.2) is 24.4 Å². The summed E-state index contributed by atoms with van der Waals surface area (Å²) in [6.07, 6.45) is 1.90. The molecule has 2 N–H and O–H groups in total. The molecule has 90 valence electrons. The Hall–Kier alpha value is -1.84. The lowest BCUT2D eigenvalue weighted by molar-refractivity contribution is 0.776. The minimum atomic E-state index is 0.322. The molecule has 17 heavy (non-hydrogen) atoms. The van der Waals surface area contributed by atoms with E-state index in [1.165, 1.54) is 0 Å². The van der Waals surface area contributed by atoms with Crippen molar-refractivity contribution in [2.45, 2.75) is 26.7 Å². The number of H-pyrrole nitrogens is 1. The number of aromatic nitrogens is 3. The van der Waals surface area contributed by atoms with Crippen LogP contribution >= 0.6 is 0 Å². The summed E-state index contributed by atoms with van der Waals surface area (Å²) in [7, 11) is 0. The zero-order valence-corrected chi connectivity index (χ0v) is 10.5. The van der Waals surface area contributed by atoms with Gasteiger partial charge in [-0.25, -0.2) is 9.97 Å². The maximum atomic E-state index is 4.58. The molecular weight excluding hydrogens is 212 g/mol. The third-order valence-corrected chi connectivity index (χ3v) is 2.49. The zero-order chi connectivity index (χ0) is 12.3. The Balaban J connectivity index is 2.44. The van der Waals surface area contributed by atoms with Crippen LogP contribution in [0.2, 0.25) is 0 Å². The molecule has 4 heteroatoms. The van der Waals surface area contributed by atoms with Gasteiger partial charge in [0, 0.05) is 24.7 Å². The zero-order valence-electron chi connectivity index (χ0n) is 10.5. The lowest BCUT2D eigenvalue weighted by atomic mass is 10.2. The van der Waals surface area contributed by atoms with Crippen molar-refractivity contribution < 1.29 is 0 Å². The molecule has 0 radical (unpaired) electrons. The largest absolute Gasteiger partial charge is 0.370 e. The second-order valence-corrected chi connectivity index (χ2v) is 4.27. The number of rotatable bonds is 4. The van der Waals surface area contributed by atoms with E-state index in [0.29, 0.717) is 5.92 Å². The summed E-state index contributed by atoms with van der Waals surface area (Å²) in [6, 6.07) is 5.96. The number of nitrogens with zero attached hydrogens (tertiary/aromatic N) is 2. The molecule has 0 saturated heterocycles. The Labute approximate surface area is 102 Å². The van der Waals surface area contributed by atoms with Gasteiger partial charge in [-0.1, -0.05) is 13.8 Å². The molecule has 0 aliphatic carbocycles. The Kier molecular flexibility index (Phi) is 3.42. The minimum Gasteiger partial charge on any atom is -0.370 e. The SMILES string of the molecule is CCNc1cc(-c2ccc[nH]2)nc(C(C)C)n1. The van der Waals surface area contributed by atoms with Crippen molar-refractivity contribution in [3.63, 3.8) is 0 Å². The maximum absolute atomic E-state index is 4.58. The van der Waals surface area contributed by atoms with Gasteiger partial charge in [-0.15, -0.1) is 0 Å². The summed E-state index contributed by atoms with van der Waals surface area (Å²) in [4.78, 5) is 12.2. The quantitative estimate of drug-likeness (QED) is 0.848. The molecule has 0 bridgehead atoms. The van der Waals surface area contributed by atoms with Gasteiger partial charge in [0.05, 0.1) is 11.4 Å². The number of anilines is 1. The van der Waals surface area contributed by atoms with Crippen molar-refractivity contribution >= 4 is 5.82 Å². The first-order valence-electron chi connectivity index (χ1n) is 5.97. The second-order valence-electron chi connectivity index (χ2n) is 4.27. The van der Waals surface area contributed by atoms with Crippen LogP contribution in [-0.2, 0) is 0 Å². The molecular formula is C13H18N4. The van der Waals surface area contributed by atoms with E-state index >= 15 is 0 Å². The summed E-state index contributed by atoms with van der Waals surface area (Å²) in [5.41, 5.74) is 1.96. The van der Waals surface area contributed by atoms with Crippen LogP contribution in [0, 0.1) is 0 Å². The van der Waals surface area contributed by atoms with E-state index in [-0.39, 0.29) is 0 Å². The van der Waals surface area contributed by atoms with Gasteiger partial charge in [0.2, 0.25) is 0 Å². The van der Waals surface area contributed by atoms with Gasteiger partial charge in [-0.3, -0.25) is 0 Å². The van der Waals surface area contributed by atoms with E-state index in [1.807, 2.05) is 24.4 Å². The fourth-order valence-electron chi connectivity index (χ4n) is 1.62. The summed E-state index contributed by atoms with van der Waals surface area (Å²) in [5.74, 6) is 2.08. The lowest BCUT2D eigenvalue weighted by Gasteiger charge is -2.10. The average molecular weight is 230 g/mol. The molecule has 2 heterocycles. The standard InChI is InChI=1S/C13H18N4/c1-4-14-12-8-11(10-6-5-7-15-10)16-13(17-12)9(2)3/h5-9,15H,4H2,1-3H3,(H,14,16,17). The number of hydrogen-bond acceptors (Lipinski definition) is 3. The van der Waals surface area contributed by atoms with Crippen LogP contribution in [-0.4, -0.2) is 21.5 Å². The molecule has 2 aromatic rings. The van der Waals surface area contributed by atoms with Crippen molar-refractivity contribution in [1.82, 2.24) is 15.0 Å². The molecule has 0 aliphatic heterocycles. The van der Waals surface area contributed by atoms with Gasteiger partial charge in [0.25, 0.3) is 0 Å². The van der Waals surface area contributed by atoms with E-state index in [0.717, 1.165) is 29.6 Å². The summed E-state index contributed by atoms with van der Waals surface area (Å²) < 4.78 is 0. The molecule has 0 unspecified atom stereocenters. The Morgan fingerprint density at radius 2 is 2.18 bits per heavy atom. The Bertz CT molecular complexity index is 474. The first-order valence-corrected chi connectivity index (χ1v) is 5.97. The van der Waals surface area contributed by atoms with Crippen molar-refractivity contribution in [3.05, 3.63) is 30.2 Å². The molecule has 0 amide bonds. The highest BCUT2D eigenvalue weighted by Gasteiger charge is 2.09. The van der Waals surface area contributed by atoms with Crippen LogP contribution < -0.4 is 5.32 Å². The highest BCUT2D eigenvalue weighted by molar-refractivity contribution is 5.58. The predicted octanol–water partition coefficient (Wildman–Crippen LogP) is 3.03. The van der Waals surface area contributed by atoms with Gasteiger partial charge < -0.3 is 10.3 Å². The second kappa shape index (κ2) is 4.99. The normalized spacial score (nSPS) is 10.8. The molecule has 2 rings (SSSR count). The smallest absolute Gasteiger partial charge is 0.134 e. The fourth-order valence-corrected chi connectivity index (χ4v) is 1.62. The number of aromatic amines is 1. The molecule has 0 spiro atoms. The highest BCUT2D eigenvalue weighted by atomic mass is 15.0. The summed E-state index contributed by atoms with van der Waals surface area (Å²) >= 11 is 0. The fraction of sp³-hybridized carbons (Fsp3) is 0.385. The van der Waals surface area contributed by atoms with Crippen molar-refractivity contribution in [3.8, 4) is 11.4 Å². The first-order chi connectivity index (χ1) is 8.20. The van der Waals surface area contributed by atoms with Crippen LogP contribution in [0.25, 0.3) is 11.4 Å². The van der Waals surface area contributed by atoms with E-state index in [9.17, 15) is 0 Å². The molecule has 0 fully saturated rings. The van der Waals surface area contributed by atoms with Crippen LogP contribution in [0.5, 0.6) is 0 Å². The first kappa shape index (κ1) is 11.6. The van der Waals surface area contributed by atoms with Crippen molar-refractivity contribution in [2.24, 2.45) is 0 Å². The predicted molar refractivity (Wildman–Crippen MR) is 70.1 cm³/mol. The van der Waals surface area contributed by atoms with E-state index in [1.54, 1.807) is 0 Å². The van der Waals surface area contributed by atoms with Gasteiger partial charge in [0.15, 0.2) is 0 Å². The van der Waals surface area contributed by atoms with Gasteiger partial charge in [0.1, 0.15) is 11.6 Å². The van der Waals surface area contributed by atoms with Gasteiger partial charge >= 0.3 is 0 Å². The lowest BCUT2D eigenvalue weighted by Crippen LogP contribution is -2.05. The maximum Gasteiger partial charge on any atom is 0.134 e. The highest BCUT2D eigenvalue weighted by Crippen LogP contribution is 2.20.